The van der Waals surface area contributed by atoms with E-state index in [1.54, 1.807) is 11.3 Å². The van der Waals surface area contributed by atoms with Gasteiger partial charge in [0.2, 0.25) is 5.91 Å². The van der Waals surface area contributed by atoms with Crippen LogP contribution in [0.4, 0.5) is 5.13 Å². The average Bonchev–Trinajstić information content (AvgIpc) is 2.84. The van der Waals surface area contributed by atoms with E-state index >= 15 is 0 Å². The number of thiazole rings is 1. The first-order valence-electron chi connectivity index (χ1n) is 7.91. The highest BCUT2D eigenvalue weighted by Crippen LogP contribution is 2.37. The van der Waals surface area contributed by atoms with Gasteiger partial charge in [0.15, 0.2) is 5.13 Å². The minimum absolute atomic E-state index is 0.198. The number of likely N-dealkylation sites (N-methyl/N-ethyl adjacent to an activating group) is 1. The molecule has 1 unspecified atom stereocenters. The van der Waals surface area contributed by atoms with Crippen LogP contribution >= 0.6 is 11.3 Å². The number of nitrogens with zero attached hydrogens (tertiary/aromatic N) is 3. The van der Waals surface area contributed by atoms with E-state index < -0.39 is 0 Å². The van der Waals surface area contributed by atoms with Crippen LogP contribution in [0.1, 0.15) is 42.8 Å². The Balaban J connectivity index is 1.81. The van der Waals surface area contributed by atoms with E-state index in [4.69, 9.17) is 4.98 Å². The van der Waals surface area contributed by atoms with Crippen molar-refractivity contribution in [2.75, 3.05) is 38.1 Å². The third-order valence-electron chi connectivity index (χ3n) is 4.33. The molecule has 1 aliphatic heterocycles. The quantitative estimate of drug-likeness (QED) is 0.925. The smallest absolute Gasteiger partial charge is 0.241 e. The summed E-state index contributed by atoms with van der Waals surface area (Å²) >= 11 is 1.78. The van der Waals surface area contributed by atoms with E-state index in [0.29, 0.717) is 12.6 Å². The fourth-order valence-electron chi connectivity index (χ4n) is 3.13. The van der Waals surface area contributed by atoms with Gasteiger partial charge in [0.05, 0.1) is 12.2 Å². The van der Waals surface area contributed by atoms with E-state index in [1.807, 2.05) is 11.9 Å². The van der Waals surface area contributed by atoms with Crippen LogP contribution in [0.2, 0.25) is 0 Å². The summed E-state index contributed by atoms with van der Waals surface area (Å²) in [6, 6.07) is 0.454. The largest absolute Gasteiger partial charge is 0.344 e. The van der Waals surface area contributed by atoms with Crippen molar-refractivity contribution in [2.24, 2.45) is 0 Å². The normalized spacial score (nSPS) is 23.1. The lowest BCUT2D eigenvalue weighted by molar-refractivity contribution is -0.127. The Bertz CT molecular complexity index is 516. The van der Waals surface area contributed by atoms with Gasteiger partial charge in [-0.2, -0.15) is 0 Å². The molecule has 1 aromatic rings. The SMILES string of the molecule is CCNC1CCCc2nc(N3CCCN(C)C(=O)C3)sc21. The second kappa shape index (κ2) is 6.32. The summed E-state index contributed by atoms with van der Waals surface area (Å²) < 4.78 is 0. The number of aromatic nitrogens is 1. The number of nitrogens with one attached hydrogen (secondary N) is 1. The molecule has 2 heterocycles. The van der Waals surface area contributed by atoms with E-state index in [9.17, 15) is 4.79 Å². The predicted molar refractivity (Wildman–Crippen MR) is 85.9 cm³/mol. The summed E-state index contributed by atoms with van der Waals surface area (Å²) in [5.41, 5.74) is 1.25. The molecule has 0 spiro atoms. The van der Waals surface area contributed by atoms with Crippen molar-refractivity contribution in [2.45, 2.75) is 38.6 Å². The van der Waals surface area contributed by atoms with Crippen LogP contribution in [0.15, 0.2) is 0 Å². The van der Waals surface area contributed by atoms with Gasteiger partial charge in [-0.25, -0.2) is 4.98 Å². The minimum Gasteiger partial charge on any atom is -0.344 e. The first-order valence-corrected chi connectivity index (χ1v) is 8.72. The molecule has 1 atom stereocenters. The Morgan fingerprint density at radius 3 is 3.05 bits per heavy atom. The molecule has 1 fully saturated rings. The fourth-order valence-corrected chi connectivity index (χ4v) is 4.38. The third kappa shape index (κ3) is 3.06. The number of aryl methyl sites for hydroxylation is 1. The Kier molecular flexibility index (Phi) is 4.45. The topological polar surface area (TPSA) is 48.5 Å². The first-order chi connectivity index (χ1) is 10.2. The molecule has 116 valence electrons. The molecule has 1 N–H and O–H groups in total. The molecule has 1 saturated heterocycles. The molecular weight excluding hydrogens is 284 g/mol. The van der Waals surface area contributed by atoms with Gasteiger partial charge in [-0.15, -0.1) is 0 Å². The van der Waals surface area contributed by atoms with Crippen LogP contribution in [-0.2, 0) is 11.2 Å². The van der Waals surface area contributed by atoms with E-state index in [2.05, 4.69) is 17.1 Å². The minimum atomic E-state index is 0.198. The zero-order chi connectivity index (χ0) is 14.8. The molecule has 5 nitrogen and oxygen atoms in total. The monoisotopic (exact) mass is 308 g/mol. The molecule has 3 rings (SSSR count). The molecule has 0 bridgehead atoms. The lowest BCUT2D eigenvalue weighted by Crippen LogP contribution is -2.34. The first kappa shape index (κ1) is 14.8. The van der Waals surface area contributed by atoms with Crippen LogP contribution in [0.25, 0.3) is 0 Å². The number of hydrogen-bond acceptors (Lipinski definition) is 5. The second-order valence-corrected chi connectivity index (χ2v) is 6.91. The number of carbonyl (C=O) groups excluding carboxylic acids is 1. The standard InChI is InChI=1S/C15H24N4OS/c1-3-16-11-6-4-7-12-14(11)21-15(17-12)19-9-5-8-18(2)13(20)10-19/h11,16H,3-10H2,1-2H3. The molecule has 0 radical (unpaired) electrons. The van der Waals surface area contributed by atoms with Crippen LogP contribution in [0.3, 0.4) is 0 Å². The fraction of sp³-hybridized carbons (Fsp3) is 0.733. The van der Waals surface area contributed by atoms with Gasteiger partial charge in [-0.3, -0.25) is 4.79 Å². The van der Waals surface area contributed by atoms with E-state index in [0.717, 1.165) is 37.6 Å². The Morgan fingerprint density at radius 1 is 1.38 bits per heavy atom. The van der Waals surface area contributed by atoms with Crippen LogP contribution < -0.4 is 10.2 Å². The molecule has 1 amide bonds. The second-order valence-electron chi connectivity index (χ2n) is 5.90. The Hall–Kier alpha value is -1.14. The molecule has 2 aliphatic rings. The van der Waals surface area contributed by atoms with Gasteiger partial charge < -0.3 is 15.1 Å². The summed E-state index contributed by atoms with van der Waals surface area (Å²) in [5.74, 6) is 0.198. The number of rotatable bonds is 3. The van der Waals surface area contributed by atoms with Gasteiger partial charge in [0.25, 0.3) is 0 Å². The molecule has 0 aromatic carbocycles. The van der Waals surface area contributed by atoms with Crippen molar-refractivity contribution >= 4 is 22.4 Å². The number of anilines is 1. The number of amides is 1. The summed E-state index contributed by atoms with van der Waals surface area (Å²) in [6.45, 7) is 5.38. The van der Waals surface area contributed by atoms with Crippen molar-refractivity contribution in [3.05, 3.63) is 10.6 Å². The maximum atomic E-state index is 12.1. The highest BCUT2D eigenvalue weighted by Gasteiger charge is 2.27. The highest BCUT2D eigenvalue weighted by molar-refractivity contribution is 7.15. The van der Waals surface area contributed by atoms with Crippen LogP contribution in [-0.4, -0.2) is 49.0 Å². The molecule has 1 aromatic heterocycles. The molecular formula is C15H24N4OS. The molecule has 0 saturated carbocycles. The number of fused-ring (bicyclic) bond motifs is 1. The summed E-state index contributed by atoms with van der Waals surface area (Å²) in [6.07, 6.45) is 4.50. The van der Waals surface area contributed by atoms with Crippen LogP contribution in [0.5, 0.6) is 0 Å². The maximum Gasteiger partial charge on any atom is 0.241 e. The lowest BCUT2D eigenvalue weighted by atomic mass is 9.98. The predicted octanol–water partition coefficient (Wildman–Crippen LogP) is 1.80. The summed E-state index contributed by atoms with van der Waals surface area (Å²) in [4.78, 5) is 22.3. The number of hydrogen-bond donors (Lipinski definition) is 1. The van der Waals surface area contributed by atoms with Crippen molar-refractivity contribution in [1.29, 1.82) is 0 Å². The van der Waals surface area contributed by atoms with Gasteiger partial charge in [-0.05, 0) is 32.2 Å². The summed E-state index contributed by atoms with van der Waals surface area (Å²) in [5, 5.41) is 4.60. The third-order valence-corrected chi connectivity index (χ3v) is 5.61. The van der Waals surface area contributed by atoms with Gasteiger partial charge in [-0.1, -0.05) is 18.3 Å². The average molecular weight is 308 g/mol. The molecule has 21 heavy (non-hydrogen) atoms. The van der Waals surface area contributed by atoms with Crippen molar-refractivity contribution in [1.82, 2.24) is 15.2 Å². The summed E-state index contributed by atoms with van der Waals surface area (Å²) in [7, 11) is 1.89. The number of carbonyl (C=O) groups is 1. The maximum absolute atomic E-state index is 12.1. The van der Waals surface area contributed by atoms with Crippen LogP contribution in [0, 0.1) is 0 Å². The molecule has 1 aliphatic carbocycles. The van der Waals surface area contributed by atoms with Gasteiger partial charge >= 0.3 is 0 Å². The zero-order valence-corrected chi connectivity index (χ0v) is 13.7. The Labute approximate surface area is 130 Å². The van der Waals surface area contributed by atoms with Crippen molar-refractivity contribution < 1.29 is 4.79 Å². The lowest BCUT2D eigenvalue weighted by Gasteiger charge is -2.21. The van der Waals surface area contributed by atoms with E-state index in [1.165, 1.54) is 23.4 Å². The Morgan fingerprint density at radius 2 is 2.24 bits per heavy atom. The van der Waals surface area contributed by atoms with E-state index in [-0.39, 0.29) is 5.91 Å². The van der Waals surface area contributed by atoms with Crippen molar-refractivity contribution in [3.63, 3.8) is 0 Å². The highest BCUT2D eigenvalue weighted by atomic mass is 32.1. The zero-order valence-electron chi connectivity index (χ0n) is 12.9. The molecule has 6 heteroatoms. The van der Waals surface area contributed by atoms with Gasteiger partial charge in [0.1, 0.15) is 0 Å². The van der Waals surface area contributed by atoms with Gasteiger partial charge in [0, 0.05) is 31.1 Å². The van der Waals surface area contributed by atoms with Crippen molar-refractivity contribution in [3.8, 4) is 0 Å².